The molecule has 0 saturated carbocycles. The molecule has 0 spiro atoms. The van der Waals surface area contributed by atoms with E-state index in [2.05, 4.69) is 18.9 Å². The zero-order valence-corrected chi connectivity index (χ0v) is 8.73. The van der Waals surface area contributed by atoms with E-state index < -0.39 is 4.92 Å². The fourth-order valence-electron chi connectivity index (χ4n) is 1.50. The molecular weight excluding hydrogens is 182 g/mol. The van der Waals surface area contributed by atoms with Crippen molar-refractivity contribution in [3.63, 3.8) is 0 Å². The lowest BCUT2D eigenvalue weighted by Crippen LogP contribution is -2.07. The number of nitrogens with zero attached hydrogens (tertiary/aromatic N) is 3. The summed E-state index contributed by atoms with van der Waals surface area (Å²) in [5, 5.41) is 14.5. The molecule has 0 aliphatic heterocycles. The highest BCUT2D eigenvalue weighted by Crippen LogP contribution is 2.20. The summed E-state index contributed by atoms with van der Waals surface area (Å²) in [6.45, 7) is 5.82. The molecule has 1 rings (SSSR count). The van der Waals surface area contributed by atoms with E-state index in [1.165, 1.54) is 0 Å². The molecule has 0 saturated heterocycles. The first-order valence-corrected chi connectivity index (χ1v) is 4.80. The minimum atomic E-state index is -0.436. The van der Waals surface area contributed by atoms with Crippen LogP contribution in [0.5, 0.6) is 0 Å². The fourth-order valence-corrected chi connectivity index (χ4v) is 1.50. The number of rotatable bonds is 4. The molecule has 1 aromatic heterocycles. The van der Waals surface area contributed by atoms with E-state index in [0.717, 1.165) is 12.8 Å². The Labute approximate surface area is 82.9 Å². The summed E-state index contributed by atoms with van der Waals surface area (Å²) in [7, 11) is 0. The first kappa shape index (κ1) is 10.7. The molecule has 0 aromatic carbocycles. The highest BCUT2D eigenvalue weighted by atomic mass is 16.6. The van der Waals surface area contributed by atoms with Crippen molar-refractivity contribution in [1.82, 2.24) is 9.78 Å². The summed E-state index contributed by atoms with van der Waals surface area (Å²) in [5.74, 6) is -0.0306. The van der Waals surface area contributed by atoms with Crippen molar-refractivity contribution < 1.29 is 4.92 Å². The molecular formula is C9H15N3O2. The monoisotopic (exact) mass is 197 g/mol. The van der Waals surface area contributed by atoms with Crippen LogP contribution in [-0.2, 0) is 0 Å². The van der Waals surface area contributed by atoms with Gasteiger partial charge in [-0.05, 0) is 24.7 Å². The number of hydrogen-bond acceptors (Lipinski definition) is 3. The maximum Gasteiger partial charge on any atom is 0.392 e. The van der Waals surface area contributed by atoms with Crippen LogP contribution in [0.25, 0.3) is 0 Å². The first-order valence-electron chi connectivity index (χ1n) is 4.80. The van der Waals surface area contributed by atoms with Crippen LogP contribution in [0.4, 0.5) is 5.82 Å². The second-order valence-corrected chi connectivity index (χ2v) is 3.34. The van der Waals surface area contributed by atoms with Crippen LogP contribution in [-0.4, -0.2) is 14.7 Å². The Balaban J connectivity index is 3.01. The lowest BCUT2D eigenvalue weighted by Gasteiger charge is -2.07. The van der Waals surface area contributed by atoms with Gasteiger partial charge in [0.15, 0.2) is 0 Å². The lowest BCUT2D eigenvalue weighted by atomic mass is 10.2. The maximum absolute atomic E-state index is 10.6. The highest BCUT2D eigenvalue weighted by Gasteiger charge is 2.20. The standard InChI is InChI=1S/C9H15N3O2/c1-4-8(5-2)11-6-7(3)9(10-11)12(13)14/h6,8H,4-5H2,1-3H3. The van der Waals surface area contributed by atoms with Crippen LogP contribution in [0.3, 0.4) is 0 Å². The van der Waals surface area contributed by atoms with Crippen LogP contribution in [0, 0.1) is 17.0 Å². The Kier molecular flexibility index (Phi) is 3.22. The van der Waals surface area contributed by atoms with E-state index >= 15 is 0 Å². The Hall–Kier alpha value is -1.39. The zero-order valence-electron chi connectivity index (χ0n) is 8.73. The van der Waals surface area contributed by atoms with Crippen LogP contribution >= 0.6 is 0 Å². The van der Waals surface area contributed by atoms with Crippen LogP contribution < -0.4 is 0 Å². The second-order valence-electron chi connectivity index (χ2n) is 3.34. The van der Waals surface area contributed by atoms with Crippen molar-refractivity contribution in [2.24, 2.45) is 0 Å². The Bertz CT molecular complexity index is 329. The van der Waals surface area contributed by atoms with Gasteiger partial charge in [0.2, 0.25) is 0 Å². The van der Waals surface area contributed by atoms with E-state index in [1.54, 1.807) is 17.8 Å². The molecule has 0 unspecified atom stereocenters. The molecule has 1 aromatic rings. The van der Waals surface area contributed by atoms with E-state index in [-0.39, 0.29) is 11.9 Å². The van der Waals surface area contributed by atoms with Gasteiger partial charge in [-0.1, -0.05) is 13.8 Å². The third-order valence-corrected chi connectivity index (χ3v) is 2.38. The molecule has 0 amide bonds. The molecule has 78 valence electrons. The van der Waals surface area contributed by atoms with Crippen molar-refractivity contribution in [3.8, 4) is 0 Å². The second kappa shape index (κ2) is 4.21. The van der Waals surface area contributed by atoms with Crippen molar-refractivity contribution in [1.29, 1.82) is 0 Å². The van der Waals surface area contributed by atoms with Crippen LogP contribution in [0.2, 0.25) is 0 Å². The van der Waals surface area contributed by atoms with E-state index in [1.807, 2.05) is 0 Å². The molecule has 14 heavy (non-hydrogen) atoms. The Morgan fingerprint density at radius 1 is 1.57 bits per heavy atom. The third kappa shape index (κ3) is 1.92. The fraction of sp³-hybridized carbons (Fsp3) is 0.667. The lowest BCUT2D eigenvalue weighted by molar-refractivity contribution is -0.390. The van der Waals surface area contributed by atoms with E-state index in [0.29, 0.717) is 5.56 Å². The molecule has 5 heteroatoms. The summed E-state index contributed by atoms with van der Waals surface area (Å²) in [4.78, 5) is 10.1. The van der Waals surface area contributed by atoms with Crippen LogP contribution in [0.1, 0.15) is 38.3 Å². The van der Waals surface area contributed by atoms with Crippen molar-refractivity contribution >= 4 is 5.82 Å². The number of nitro groups is 1. The SMILES string of the molecule is CCC(CC)n1cc(C)c([N+](=O)[O-])n1. The number of aromatic nitrogens is 2. The van der Waals surface area contributed by atoms with Gasteiger partial charge in [-0.3, -0.25) is 0 Å². The van der Waals surface area contributed by atoms with Gasteiger partial charge in [-0.25, -0.2) is 0 Å². The van der Waals surface area contributed by atoms with Crippen molar-refractivity contribution in [3.05, 3.63) is 21.9 Å². The average molecular weight is 197 g/mol. The molecule has 0 aliphatic carbocycles. The summed E-state index contributed by atoms with van der Waals surface area (Å²) in [5.41, 5.74) is 0.627. The summed E-state index contributed by atoms with van der Waals surface area (Å²) in [6, 6.07) is 0.266. The van der Waals surface area contributed by atoms with Gasteiger partial charge in [0.1, 0.15) is 0 Å². The Morgan fingerprint density at radius 3 is 2.50 bits per heavy atom. The molecule has 0 aliphatic rings. The van der Waals surface area contributed by atoms with Gasteiger partial charge >= 0.3 is 5.82 Å². The third-order valence-electron chi connectivity index (χ3n) is 2.38. The molecule has 0 N–H and O–H groups in total. The van der Waals surface area contributed by atoms with Gasteiger partial charge in [-0.2, -0.15) is 4.68 Å². The predicted octanol–water partition coefficient (Wildman–Crippen LogP) is 2.46. The summed E-state index contributed by atoms with van der Waals surface area (Å²) in [6.07, 6.45) is 3.62. The van der Waals surface area contributed by atoms with Crippen LogP contribution in [0.15, 0.2) is 6.20 Å². The van der Waals surface area contributed by atoms with Gasteiger partial charge in [-0.15, -0.1) is 0 Å². The predicted molar refractivity (Wildman–Crippen MR) is 53.2 cm³/mol. The van der Waals surface area contributed by atoms with Crippen molar-refractivity contribution in [2.45, 2.75) is 39.7 Å². The first-order chi connectivity index (χ1) is 6.60. The molecule has 0 radical (unpaired) electrons. The summed E-state index contributed by atoms with van der Waals surface area (Å²) >= 11 is 0. The van der Waals surface area contributed by atoms with Gasteiger partial charge < -0.3 is 10.1 Å². The molecule has 1 heterocycles. The van der Waals surface area contributed by atoms with Gasteiger partial charge in [0.05, 0.1) is 22.9 Å². The van der Waals surface area contributed by atoms with Gasteiger partial charge in [0, 0.05) is 0 Å². The topological polar surface area (TPSA) is 61.0 Å². The normalized spacial score (nSPS) is 10.9. The Morgan fingerprint density at radius 2 is 2.14 bits per heavy atom. The smallest absolute Gasteiger partial charge is 0.358 e. The largest absolute Gasteiger partial charge is 0.392 e. The van der Waals surface area contributed by atoms with Gasteiger partial charge in [0.25, 0.3) is 0 Å². The number of aryl methyl sites for hydroxylation is 1. The average Bonchev–Trinajstić information content (AvgIpc) is 2.50. The minimum Gasteiger partial charge on any atom is -0.358 e. The van der Waals surface area contributed by atoms with Crippen molar-refractivity contribution in [2.75, 3.05) is 0 Å². The quantitative estimate of drug-likeness (QED) is 0.550. The van der Waals surface area contributed by atoms with E-state index in [4.69, 9.17) is 0 Å². The maximum atomic E-state index is 10.6. The molecule has 0 bridgehead atoms. The zero-order chi connectivity index (χ0) is 10.7. The van der Waals surface area contributed by atoms with E-state index in [9.17, 15) is 10.1 Å². The molecule has 0 fully saturated rings. The minimum absolute atomic E-state index is 0.0306. The number of hydrogen-bond donors (Lipinski definition) is 0. The highest BCUT2D eigenvalue weighted by molar-refractivity contribution is 5.28. The molecule has 0 atom stereocenters. The summed E-state index contributed by atoms with van der Waals surface area (Å²) < 4.78 is 1.70. The molecule has 5 nitrogen and oxygen atoms in total.